The summed E-state index contributed by atoms with van der Waals surface area (Å²) in [5, 5.41) is 19.8. The molecule has 0 aromatic rings. The number of aliphatic carboxylic acids is 2. The van der Waals surface area contributed by atoms with Gasteiger partial charge in [0.15, 0.2) is 0 Å². The molecule has 0 heterocycles. The van der Waals surface area contributed by atoms with E-state index in [2.05, 4.69) is 5.32 Å². The average molecular weight is 289 g/mol. The number of nitrogens with zero attached hydrogens (tertiary/aromatic N) is 2. The van der Waals surface area contributed by atoms with E-state index in [4.69, 9.17) is 10.2 Å². The molecule has 1 atom stereocenters. The highest BCUT2D eigenvalue weighted by Crippen LogP contribution is 1.98. The highest BCUT2D eigenvalue weighted by atomic mass is 16.4. The lowest BCUT2D eigenvalue weighted by Crippen LogP contribution is -2.50. The number of carboxylic acids is 2. The molecule has 0 radical (unpaired) electrons. The highest BCUT2D eigenvalue weighted by Gasteiger charge is 2.25. The van der Waals surface area contributed by atoms with Crippen molar-refractivity contribution < 1.29 is 24.6 Å². The summed E-state index contributed by atoms with van der Waals surface area (Å²) >= 11 is 0. The van der Waals surface area contributed by atoms with Gasteiger partial charge >= 0.3 is 18.0 Å². The molecule has 0 aliphatic heterocycles. The molecule has 116 valence electrons. The lowest BCUT2D eigenvalue weighted by molar-refractivity contribution is -0.145. The van der Waals surface area contributed by atoms with Gasteiger partial charge in [-0.15, -0.1) is 0 Å². The summed E-state index contributed by atoms with van der Waals surface area (Å²) < 4.78 is 0. The molecule has 20 heavy (non-hydrogen) atoms. The van der Waals surface area contributed by atoms with Gasteiger partial charge in [-0.25, -0.2) is 9.59 Å². The van der Waals surface area contributed by atoms with Gasteiger partial charge in [-0.3, -0.25) is 4.79 Å². The Bertz CT molecular complexity index is 346. The van der Waals surface area contributed by atoms with Gasteiger partial charge < -0.3 is 25.3 Å². The van der Waals surface area contributed by atoms with E-state index in [0.29, 0.717) is 19.6 Å². The molecular weight excluding hydrogens is 266 g/mol. The summed E-state index contributed by atoms with van der Waals surface area (Å²) in [6.07, 6.45) is 0.0895. The molecule has 8 heteroatoms. The van der Waals surface area contributed by atoms with Crippen LogP contribution in [-0.2, 0) is 9.59 Å². The normalized spacial score (nSPS) is 12.0. The minimum Gasteiger partial charge on any atom is -0.481 e. The van der Waals surface area contributed by atoms with Gasteiger partial charge in [0.1, 0.15) is 6.04 Å². The third-order valence-corrected chi connectivity index (χ3v) is 2.57. The number of nitrogens with one attached hydrogen (secondary N) is 1. The van der Waals surface area contributed by atoms with Crippen LogP contribution in [0.25, 0.3) is 0 Å². The van der Waals surface area contributed by atoms with Crippen LogP contribution in [0.3, 0.4) is 0 Å². The van der Waals surface area contributed by atoms with Crippen LogP contribution >= 0.6 is 0 Å². The number of hydrogen-bond acceptors (Lipinski definition) is 4. The van der Waals surface area contributed by atoms with Gasteiger partial charge in [0.25, 0.3) is 0 Å². The van der Waals surface area contributed by atoms with Crippen LogP contribution in [0.15, 0.2) is 0 Å². The van der Waals surface area contributed by atoms with Crippen LogP contribution in [-0.4, -0.2) is 77.8 Å². The molecule has 0 aliphatic carbocycles. The predicted molar refractivity (Wildman–Crippen MR) is 72.6 cm³/mol. The zero-order chi connectivity index (χ0) is 15.7. The topological polar surface area (TPSA) is 110 Å². The Morgan fingerprint density at radius 1 is 1.10 bits per heavy atom. The van der Waals surface area contributed by atoms with Crippen molar-refractivity contribution in [3.63, 3.8) is 0 Å². The molecule has 0 aromatic heterocycles. The number of likely N-dealkylation sites (N-methyl/N-ethyl adjacent to an activating group) is 1. The zero-order valence-electron chi connectivity index (χ0n) is 12.1. The first-order chi connectivity index (χ1) is 9.27. The van der Waals surface area contributed by atoms with Crippen LogP contribution in [0.1, 0.15) is 19.8 Å². The van der Waals surface area contributed by atoms with E-state index < -0.39 is 30.4 Å². The molecule has 3 N–H and O–H groups in total. The Balaban J connectivity index is 4.61. The number of carboxylic acid groups (broad SMARTS) is 2. The predicted octanol–water partition coefficient (Wildman–Crippen LogP) is -0.102. The van der Waals surface area contributed by atoms with Gasteiger partial charge in [-0.1, -0.05) is 6.92 Å². The van der Waals surface area contributed by atoms with Crippen molar-refractivity contribution in [1.82, 2.24) is 15.1 Å². The summed E-state index contributed by atoms with van der Waals surface area (Å²) in [5.41, 5.74) is 0. The van der Waals surface area contributed by atoms with Crippen molar-refractivity contribution in [3.05, 3.63) is 0 Å². The van der Waals surface area contributed by atoms with E-state index in [1.807, 2.05) is 25.9 Å². The van der Waals surface area contributed by atoms with Crippen molar-refractivity contribution in [2.24, 2.45) is 0 Å². The molecule has 0 saturated carbocycles. The van der Waals surface area contributed by atoms with Crippen LogP contribution in [0, 0.1) is 0 Å². The van der Waals surface area contributed by atoms with Crippen molar-refractivity contribution in [3.8, 4) is 0 Å². The third kappa shape index (κ3) is 7.57. The molecule has 0 rings (SSSR count). The minimum absolute atomic E-state index is 0.450. The van der Waals surface area contributed by atoms with Gasteiger partial charge in [-0.05, 0) is 20.5 Å². The Morgan fingerprint density at radius 3 is 2.10 bits per heavy atom. The number of carbonyl (C=O) groups excluding carboxylic acids is 1. The average Bonchev–Trinajstić information content (AvgIpc) is 2.32. The van der Waals surface area contributed by atoms with E-state index in [-0.39, 0.29) is 0 Å². The summed E-state index contributed by atoms with van der Waals surface area (Å²) in [7, 11) is 3.74. The lowest BCUT2D eigenvalue weighted by Gasteiger charge is -2.25. The van der Waals surface area contributed by atoms with Crippen LogP contribution in [0.5, 0.6) is 0 Å². The first-order valence-electron chi connectivity index (χ1n) is 6.42. The standard InChI is InChI=1S/C12H23N3O5/c1-4-5-15(7-6-14(2)3)12(20)13-9(11(18)19)8-10(16)17/h9H,4-8H2,1-3H3,(H,13,20)(H,16,17)(H,18,19)/t9-/m0/s1. The summed E-state index contributed by atoms with van der Waals surface area (Å²) in [6, 6.07) is -1.97. The molecule has 0 spiro atoms. The fourth-order valence-electron chi connectivity index (χ4n) is 1.52. The molecule has 2 amide bonds. The van der Waals surface area contributed by atoms with E-state index >= 15 is 0 Å². The third-order valence-electron chi connectivity index (χ3n) is 2.57. The Kier molecular flexibility index (Phi) is 8.30. The molecule has 0 aliphatic rings. The molecular formula is C12H23N3O5. The molecule has 0 aromatic carbocycles. The van der Waals surface area contributed by atoms with Crippen LogP contribution < -0.4 is 5.32 Å². The molecule has 0 saturated heterocycles. The fourth-order valence-corrected chi connectivity index (χ4v) is 1.52. The summed E-state index contributed by atoms with van der Waals surface area (Å²) in [4.78, 5) is 36.9. The second-order valence-corrected chi connectivity index (χ2v) is 4.73. The molecule has 0 bridgehead atoms. The number of urea groups is 1. The quantitative estimate of drug-likeness (QED) is 0.546. The maximum atomic E-state index is 12.0. The zero-order valence-corrected chi connectivity index (χ0v) is 12.1. The van der Waals surface area contributed by atoms with Crippen LogP contribution in [0.2, 0.25) is 0 Å². The van der Waals surface area contributed by atoms with Crippen molar-refractivity contribution in [2.45, 2.75) is 25.8 Å². The summed E-state index contributed by atoms with van der Waals surface area (Å²) in [5.74, 6) is -2.63. The number of carbonyl (C=O) groups is 3. The largest absolute Gasteiger partial charge is 0.481 e. The maximum absolute atomic E-state index is 12.0. The van der Waals surface area contributed by atoms with Gasteiger partial charge in [0.2, 0.25) is 0 Å². The SMILES string of the molecule is CCCN(CCN(C)C)C(=O)N[C@@H](CC(=O)O)C(=O)O. The van der Waals surface area contributed by atoms with E-state index in [1.165, 1.54) is 4.90 Å². The van der Waals surface area contributed by atoms with Gasteiger partial charge in [0.05, 0.1) is 6.42 Å². The van der Waals surface area contributed by atoms with Crippen molar-refractivity contribution in [1.29, 1.82) is 0 Å². The molecule has 0 unspecified atom stereocenters. The maximum Gasteiger partial charge on any atom is 0.326 e. The Hall–Kier alpha value is -1.83. The highest BCUT2D eigenvalue weighted by molar-refractivity contribution is 5.86. The lowest BCUT2D eigenvalue weighted by atomic mass is 10.2. The fraction of sp³-hybridized carbons (Fsp3) is 0.750. The van der Waals surface area contributed by atoms with Gasteiger partial charge in [-0.2, -0.15) is 0 Å². The first kappa shape index (κ1) is 18.2. The van der Waals surface area contributed by atoms with Gasteiger partial charge in [0, 0.05) is 19.6 Å². The Morgan fingerprint density at radius 2 is 1.70 bits per heavy atom. The van der Waals surface area contributed by atoms with Crippen molar-refractivity contribution in [2.75, 3.05) is 33.7 Å². The van der Waals surface area contributed by atoms with E-state index in [9.17, 15) is 14.4 Å². The second kappa shape index (κ2) is 9.13. The first-order valence-corrected chi connectivity index (χ1v) is 6.42. The number of rotatable bonds is 9. The minimum atomic E-state index is -1.42. The van der Waals surface area contributed by atoms with Crippen molar-refractivity contribution >= 4 is 18.0 Å². The van der Waals surface area contributed by atoms with E-state index in [0.717, 1.165) is 6.42 Å². The molecule has 0 fully saturated rings. The smallest absolute Gasteiger partial charge is 0.326 e. The molecule has 8 nitrogen and oxygen atoms in total. The second-order valence-electron chi connectivity index (χ2n) is 4.73. The Labute approximate surface area is 118 Å². The number of amides is 2. The van der Waals surface area contributed by atoms with E-state index in [1.54, 1.807) is 0 Å². The number of hydrogen-bond donors (Lipinski definition) is 3. The van der Waals surface area contributed by atoms with Crippen LogP contribution in [0.4, 0.5) is 4.79 Å². The summed E-state index contributed by atoms with van der Waals surface area (Å²) in [6.45, 7) is 3.48. The monoisotopic (exact) mass is 289 g/mol.